The fourth-order valence-corrected chi connectivity index (χ4v) is 5.18. The third-order valence-electron chi connectivity index (χ3n) is 6.35. The molecule has 0 aliphatic heterocycles. The molecule has 0 spiro atoms. The van der Waals surface area contributed by atoms with Gasteiger partial charge in [0.15, 0.2) is 5.82 Å². The van der Waals surface area contributed by atoms with E-state index in [0.717, 1.165) is 46.0 Å². The minimum atomic E-state index is -0.295. The van der Waals surface area contributed by atoms with Gasteiger partial charge in [-0.3, -0.25) is 4.90 Å². The van der Waals surface area contributed by atoms with Gasteiger partial charge in [-0.15, -0.1) is 23.7 Å². The summed E-state index contributed by atoms with van der Waals surface area (Å²) < 4.78 is 20.2. The molecule has 0 radical (unpaired) electrons. The van der Waals surface area contributed by atoms with E-state index < -0.39 is 0 Å². The van der Waals surface area contributed by atoms with Crippen molar-refractivity contribution < 1.29 is 9.13 Å². The lowest BCUT2D eigenvalue weighted by Gasteiger charge is -2.21. The van der Waals surface area contributed by atoms with Crippen LogP contribution in [-0.4, -0.2) is 34.5 Å². The van der Waals surface area contributed by atoms with Crippen LogP contribution in [0, 0.1) is 29.5 Å². The third-order valence-corrected chi connectivity index (χ3v) is 7.69. The Morgan fingerprint density at radius 3 is 2.46 bits per heavy atom. The molecule has 0 unspecified atom stereocenters. The van der Waals surface area contributed by atoms with Crippen molar-refractivity contribution in [2.75, 3.05) is 25.0 Å². The standard InChI is InChI=1S/C32H36ClFN4OS.ClH/c1-22(2)12-15-38(16-13-23(3)4)14-6-9-27-19-29-31(40-27)32(36-21-35-29)37-26-10-11-30(28(33)18-26)39-20-24-7-5-8-25(34)17-24;/h5,7-8,10-11,17-19,21-23H,12-16,20H2,1-4H3,(H,35,36,37);1H. The summed E-state index contributed by atoms with van der Waals surface area (Å²) in [6.45, 7) is 12.2. The molecule has 1 N–H and O–H groups in total. The maximum Gasteiger partial charge on any atom is 0.151 e. The molecule has 41 heavy (non-hydrogen) atoms. The highest BCUT2D eigenvalue weighted by atomic mass is 35.5. The fourth-order valence-electron chi connectivity index (χ4n) is 4.02. The van der Waals surface area contributed by atoms with Gasteiger partial charge in [0.1, 0.15) is 24.5 Å². The second kappa shape index (κ2) is 15.9. The Balaban J connectivity index is 0.00000462. The summed E-state index contributed by atoms with van der Waals surface area (Å²) in [4.78, 5) is 12.3. The molecular formula is C32H37Cl2FN4OS. The van der Waals surface area contributed by atoms with Crippen LogP contribution >= 0.6 is 35.3 Å². The fraction of sp³-hybridized carbons (Fsp3) is 0.375. The molecule has 0 aliphatic rings. The van der Waals surface area contributed by atoms with Gasteiger partial charge >= 0.3 is 0 Å². The maximum absolute atomic E-state index is 13.4. The number of thiophene rings is 1. The Bertz CT molecular complexity index is 1470. The van der Waals surface area contributed by atoms with Crippen LogP contribution in [0.2, 0.25) is 5.02 Å². The molecule has 9 heteroatoms. The van der Waals surface area contributed by atoms with E-state index in [9.17, 15) is 4.39 Å². The lowest BCUT2D eigenvalue weighted by Crippen LogP contribution is -2.28. The maximum atomic E-state index is 13.4. The molecule has 4 rings (SSSR count). The number of rotatable bonds is 12. The quantitative estimate of drug-likeness (QED) is 0.161. The molecule has 4 aromatic rings. The number of nitrogens with one attached hydrogen (secondary N) is 1. The number of nitrogens with zero attached hydrogens (tertiary/aromatic N) is 3. The van der Waals surface area contributed by atoms with Crippen molar-refractivity contribution in [2.45, 2.75) is 47.1 Å². The molecule has 0 saturated carbocycles. The van der Waals surface area contributed by atoms with Crippen LogP contribution in [-0.2, 0) is 6.61 Å². The summed E-state index contributed by atoms with van der Waals surface area (Å²) in [5, 5.41) is 3.80. The normalized spacial score (nSPS) is 11.0. The van der Waals surface area contributed by atoms with E-state index in [1.54, 1.807) is 35.9 Å². The average Bonchev–Trinajstić information content (AvgIpc) is 3.33. The molecule has 2 aromatic heterocycles. The predicted molar refractivity (Wildman–Crippen MR) is 172 cm³/mol. The van der Waals surface area contributed by atoms with Gasteiger partial charge in [0.05, 0.1) is 26.7 Å². The first-order chi connectivity index (χ1) is 19.3. The van der Waals surface area contributed by atoms with E-state index in [1.165, 1.54) is 25.0 Å². The van der Waals surface area contributed by atoms with E-state index in [4.69, 9.17) is 16.3 Å². The van der Waals surface area contributed by atoms with E-state index in [0.29, 0.717) is 28.4 Å². The molecule has 218 valence electrons. The molecule has 2 aromatic carbocycles. The topological polar surface area (TPSA) is 50.3 Å². The summed E-state index contributed by atoms with van der Waals surface area (Å²) in [6.07, 6.45) is 3.90. The third kappa shape index (κ3) is 10.2. The Kier molecular flexibility index (Phi) is 12.7. The number of aromatic nitrogens is 2. The number of hydrogen-bond donors (Lipinski definition) is 1. The summed E-state index contributed by atoms with van der Waals surface area (Å²) in [5.74, 6) is 9.02. The molecule has 0 fully saturated rings. The van der Waals surface area contributed by atoms with Gasteiger partial charge in [0, 0.05) is 5.69 Å². The number of anilines is 2. The van der Waals surface area contributed by atoms with Crippen LogP contribution in [0.1, 0.15) is 51.0 Å². The van der Waals surface area contributed by atoms with Crippen LogP contribution in [0.3, 0.4) is 0 Å². The average molecular weight is 616 g/mol. The second-order valence-electron chi connectivity index (χ2n) is 10.7. The predicted octanol–water partition coefficient (Wildman–Crippen LogP) is 8.97. The van der Waals surface area contributed by atoms with Gasteiger partial charge in [-0.2, -0.15) is 0 Å². The van der Waals surface area contributed by atoms with Crippen LogP contribution in [0.15, 0.2) is 54.9 Å². The minimum Gasteiger partial charge on any atom is -0.487 e. The number of halogens is 3. The van der Waals surface area contributed by atoms with Crippen LogP contribution < -0.4 is 10.1 Å². The number of fused-ring (bicyclic) bond motifs is 1. The van der Waals surface area contributed by atoms with Gasteiger partial charge in [0.25, 0.3) is 0 Å². The lowest BCUT2D eigenvalue weighted by molar-refractivity contribution is 0.270. The second-order valence-corrected chi connectivity index (χ2v) is 12.1. The van der Waals surface area contributed by atoms with E-state index in [-0.39, 0.29) is 24.8 Å². The summed E-state index contributed by atoms with van der Waals surface area (Å²) in [7, 11) is 0. The minimum absolute atomic E-state index is 0. The zero-order chi connectivity index (χ0) is 28.5. The van der Waals surface area contributed by atoms with Crippen molar-refractivity contribution in [2.24, 2.45) is 11.8 Å². The van der Waals surface area contributed by atoms with Crippen LogP contribution in [0.25, 0.3) is 10.2 Å². The van der Waals surface area contributed by atoms with Crippen molar-refractivity contribution in [3.8, 4) is 17.6 Å². The molecule has 0 bridgehead atoms. The van der Waals surface area contributed by atoms with Crippen molar-refractivity contribution in [3.05, 3.63) is 76.1 Å². The first kappa shape index (κ1) is 32.6. The SMILES string of the molecule is CC(C)CCN(CC#Cc1cc2ncnc(Nc3ccc(OCc4cccc(F)c4)c(Cl)c3)c2s1)CCC(C)C.Cl. The zero-order valence-corrected chi connectivity index (χ0v) is 26.3. The molecule has 0 saturated heterocycles. The summed E-state index contributed by atoms with van der Waals surface area (Å²) in [6, 6.07) is 13.8. The van der Waals surface area contributed by atoms with Gasteiger partial charge in [-0.1, -0.05) is 63.3 Å². The number of ether oxygens (including phenoxy) is 1. The Morgan fingerprint density at radius 2 is 1.78 bits per heavy atom. The molecule has 5 nitrogen and oxygen atoms in total. The summed E-state index contributed by atoms with van der Waals surface area (Å²) in [5.41, 5.74) is 2.36. The highest BCUT2D eigenvalue weighted by Gasteiger charge is 2.11. The van der Waals surface area contributed by atoms with Gasteiger partial charge in [-0.25, -0.2) is 14.4 Å². The van der Waals surface area contributed by atoms with Crippen molar-refractivity contribution in [1.82, 2.24) is 14.9 Å². The number of benzene rings is 2. The monoisotopic (exact) mass is 614 g/mol. The van der Waals surface area contributed by atoms with Crippen LogP contribution in [0.4, 0.5) is 15.9 Å². The van der Waals surface area contributed by atoms with Gasteiger partial charge in [-0.05, 0) is 79.7 Å². The van der Waals surface area contributed by atoms with E-state index in [1.807, 2.05) is 18.2 Å². The Hall–Kier alpha value is -2.89. The van der Waals surface area contributed by atoms with E-state index >= 15 is 0 Å². The highest BCUT2D eigenvalue weighted by molar-refractivity contribution is 7.20. The molecule has 0 amide bonds. The summed E-state index contributed by atoms with van der Waals surface area (Å²) >= 11 is 8.06. The molecular weight excluding hydrogens is 578 g/mol. The number of hydrogen-bond acceptors (Lipinski definition) is 6. The van der Waals surface area contributed by atoms with Crippen molar-refractivity contribution >= 4 is 57.1 Å². The van der Waals surface area contributed by atoms with Gasteiger partial charge in [0.2, 0.25) is 0 Å². The molecule has 0 atom stereocenters. The zero-order valence-electron chi connectivity index (χ0n) is 23.9. The van der Waals surface area contributed by atoms with E-state index in [2.05, 4.69) is 59.7 Å². The smallest absolute Gasteiger partial charge is 0.151 e. The first-order valence-electron chi connectivity index (χ1n) is 13.7. The van der Waals surface area contributed by atoms with Gasteiger partial charge < -0.3 is 10.1 Å². The largest absolute Gasteiger partial charge is 0.487 e. The van der Waals surface area contributed by atoms with Crippen molar-refractivity contribution in [1.29, 1.82) is 0 Å². The highest BCUT2D eigenvalue weighted by Crippen LogP contribution is 2.33. The van der Waals surface area contributed by atoms with Crippen molar-refractivity contribution in [3.63, 3.8) is 0 Å². The van der Waals surface area contributed by atoms with Crippen LogP contribution in [0.5, 0.6) is 5.75 Å². The Labute approximate surface area is 257 Å². The lowest BCUT2D eigenvalue weighted by atomic mass is 10.1. The first-order valence-corrected chi connectivity index (χ1v) is 14.9. The molecule has 2 heterocycles. The molecule has 0 aliphatic carbocycles. The Morgan fingerprint density at radius 1 is 1.02 bits per heavy atom.